The van der Waals surface area contributed by atoms with Gasteiger partial charge in [0.1, 0.15) is 17.7 Å². The topological polar surface area (TPSA) is 47.6 Å². The molecule has 0 radical (unpaired) electrons. The van der Waals surface area contributed by atoms with Crippen molar-refractivity contribution in [1.82, 2.24) is 0 Å². The molecule has 0 amide bonds. The SMILES string of the molecule is CCc1cc2c(s1)-c1sc(C(C)C)cc1C2=C(C#N)C#N. The van der Waals surface area contributed by atoms with Gasteiger partial charge in [0.2, 0.25) is 0 Å². The second-order valence-electron chi connectivity index (χ2n) is 5.33. The first-order valence-corrected chi connectivity index (χ1v) is 8.56. The quantitative estimate of drug-likeness (QED) is 0.601. The van der Waals surface area contributed by atoms with Crippen molar-refractivity contribution in [2.45, 2.75) is 33.1 Å². The molecule has 0 unspecified atom stereocenters. The van der Waals surface area contributed by atoms with Gasteiger partial charge >= 0.3 is 0 Å². The first-order valence-electron chi connectivity index (χ1n) is 6.92. The van der Waals surface area contributed by atoms with Gasteiger partial charge in [0, 0.05) is 26.5 Å². The summed E-state index contributed by atoms with van der Waals surface area (Å²) in [5, 5.41) is 18.6. The number of fused-ring (bicyclic) bond motifs is 3. The van der Waals surface area contributed by atoms with Crippen LogP contribution in [-0.2, 0) is 6.42 Å². The van der Waals surface area contributed by atoms with Crippen LogP contribution in [0.15, 0.2) is 17.7 Å². The fraction of sp³-hybridized carbons (Fsp3) is 0.294. The van der Waals surface area contributed by atoms with Crippen LogP contribution in [0.2, 0.25) is 0 Å². The zero-order valence-corrected chi connectivity index (χ0v) is 13.8. The van der Waals surface area contributed by atoms with E-state index in [-0.39, 0.29) is 5.57 Å². The van der Waals surface area contributed by atoms with E-state index < -0.39 is 0 Å². The van der Waals surface area contributed by atoms with Gasteiger partial charge in [-0.25, -0.2) is 0 Å². The van der Waals surface area contributed by atoms with Crippen molar-refractivity contribution in [1.29, 1.82) is 10.5 Å². The second-order valence-corrected chi connectivity index (χ2v) is 7.55. The van der Waals surface area contributed by atoms with Crippen molar-refractivity contribution < 1.29 is 0 Å². The van der Waals surface area contributed by atoms with Crippen molar-refractivity contribution in [2.75, 3.05) is 0 Å². The first-order chi connectivity index (χ1) is 10.1. The number of nitriles is 2. The van der Waals surface area contributed by atoms with Crippen LogP contribution in [0.25, 0.3) is 15.3 Å². The van der Waals surface area contributed by atoms with Crippen LogP contribution in [0.4, 0.5) is 0 Å². The zero-order valence-electron chi connectivity index (χ0n) is 12.2. The van der Waals surface area contributed by atoms with Gasteiger partial charge in [-0.15, -0.1) is 22.7 Å². The Morgan fingerprint density at radius 3 is 2.29 bits per heavy atom. The van der Waals surface area contributed by atoms with Crippen LogP contribution in [-0.4, -0.2) is 0 Å². The minimum atomic E-state index is 0.226. The number of allylic oxidation sites excluding steroid dienone is 1. The third-order valence-electron chi connectivity index (χ3n) is 3.67. The number of thiophene rings is 2. The summed E-state index contributed by atoms with van der Waals surface area (Å²) in [5.41, 5.74) is 3.21. The number of rotatable bonds is 2. The van der Waals surface area contributed by atoms with Gasteiger partial charge in [-0.1, -0.05) is 20.8 Å². The van der Waals surface area contributed by atoms with Crippen molar-refractivity contribution in [3.63, 3.8) is 0 Å². The third kappa shape index (κ3) is 2.03. The summed E-state index contributed by atoms with van der Waals surface area (Å²) in [6, 6.07) is 8.44. The Morgan fingerprint density at radius 1 is 1.10 bits per heavy atom. The summed E-state index contributed by atoms with van der Waals surface area (Å²) in [4.78, 5) is 5.08. The molecule has 0 aliphatic heterocycles. The average Bonchev–Trinajstić information content (AvgIpc) is 3.12. The highest BCUT2D eigenvalue weighted by Gasteiger charge is 2.31. The van der Waals surface area contributed by atoms with Crippen molar-refractivity contribution in [3.05, 3.63) is 38.6 Å². The van der Waals surface area contributed by atoms with Crippen LogP contribution >= 0.6 is 22.7 Å². The molecule has 0 fully saturated rings. The Hall–Kier alpha value is -1.88. The number of hydrogen-bond acceptors (Lipinski definition) is 4. The Labute approximate surface area is 132 Å². The maximum atomic E-state index is 9.29. The van der Waals surface area contributed by atoms with Crippen LogP contribution in [0, 0.1) is 22.7 Å². The molecule has 2 nitrogen and oxygen atoms in total. The second kappa shape index (κ2) is 5.15. The van der Waals surface area contributed by atoms with E-state index in [1.54, 1.807) is 22.7 Å². The molecule has 0 atom stereocenters. The van der Waals surface area contributed by atoms with E-state index in [9.17, 15) is 10.5 Å². The highest BCUT2D eigenvalue weighted by atomic mass is 32.1. The molecule has 0 spiro atoms. The molecular formula is C17H14N2S2. The molecular weight excluding hydrogens is 296 g/mol. The van der Waals surface area contributed by atoms with Crippen LogP contribution < -0.4 is 0 Å². The molecule has 0 saturated carbocycles. The number of aryl methyl sites for hydroxylation is 1. The Kier molecular flexibility index (Phi) is 3.45. The van der Waals surface area contributed by atoms with Crippen molar-refractivity contribution in [3.8, 4) is 21.9 Å². The van der Waals surface area contributed by atoms with E-state index in [1.807, 2.05) is 0 Å². The molecule has 104 valence electrons. The first kappa shape index (κ1) is 14.1. The van der Waals surface area contributed by atoms with E-state index in [1.165, 1.54) is 19.5 Å². The van der Waals surface area contributed by atoms with E-state index in [0.29, 0.717) is 5.92 Å². The molecule has 21 heavy (non-hydrogen) atoms. The fourth-order valence-corrected chi connectivity index (χ4v) is 5.00. The summed E-state index contributed by atoms with van der Waals surface area (Å²) < 4.78 is 0. The summed E-state index contributed by atoms with van der Waals surface area (Å²) in [7, 11) is 0. The highest BCUT2D eigenvalue weighted by Crippen LogP contribution is 2.54. The fourth-order valence-electron chi connectivity index (χ4n) is 2.57. The lowest BCUT2D eigenvalue weighted by Gasteiger charge is -2.01. The summed E-state index contributed by atoms with van der Waals surface area (Å²) in [5.74, 6) is 0.462. The predicted molar refractivity (Wildman–Crippen MR) is 88.3 cm³/mol. The van der Waals surface area contributed by atoms with E-state index in [4.69, 9.17) is 0 Å². The monoisotopic (exact) mass is 310 g/mol. The third-order valence-corrected chi connectivity index (χ3v) is 6.55. The molecule has 1 aliphatic rings. The van der Waals surface area contributed by atoms with Crippen molar-refractivity contribution in [2.24, 2.45) is 0 Å². The minimum absolute atomic E-state index is 0.226. The number of nitrogens with zero attached hydrogens (tertiary/aromatic N) is 2. The van der Waals surface area contributed by atoms with Gasteiger partial charge < -0.3 is 0 Å². The van der Waals surface area contributed by atoms with Gasteiger partial charge in [0.05, 0.1) is 9.75 Å². The molecule has 0 N–H and O–H groups in total. The highest BCUT2D eigenvalue weighted by molar-refractivity contribution is 7.23. The van der Waals surface area contributed by atoms with Gasteiger partial charge in [-0.3, -0.25) is 0 Å². The lowest BCUT2D eigenvalue weighted by Crippen LogP contribution is -1.87. The molecule has 2 aromatic heterocycles. The van der Waals surface area contributed by atoms with Gasteiger partial charge in [-0.2, -0.15) is 10.5 Å². The normalized spacial score (nSPS) is 12.0. The molecule has 0 saturated heterocycles. The lowest BCUT2D eigenvalue weighted by molar-refractivity contribution is 0.889. The molecule has 0 bridgehead atoms. The summed E-state index contributed by atoms with van der Waals surface area (Å²) in [6.45, 7) is 6.48. The molecule has 2 aromatic rings. The Bertz CT molecular complexity index is 819. The van der Waals surface area contributed by atoms with Gasteiger partial charge in [-0.05, 0) is 24.5 Å². The van der Waals surface area contributed by atoms with Crippen LogP contribution in [0.3, 0.4) is 0 Å². The van der Waals surface area contributed by atoms with Gasteiger partial charge in [0.15, 0.2) is 0 Å². The predicted octanol–water partition coefficient (Wildman–Crippen LogP) is 5.32. The van der Waals surface area contributed by atoms with E-state index in [2.05, 4.69) is 45.0 Å². The molecule has 4 heteroatoms. The van der Waals surface area contributed by atoms with Crippen LogP contribution in [0.5, 0.6) is 0 Å². The Balaban J connectivity index is 2.34. The van der Waals surface area contributed by atoms with E-state index >= 15 is 0 Å². The molecule has 3 rings (SSSR count). The smallest absolute Gasteiger partial charge is 0.138 e. The summed E-state index contributed by atoms with van der Waals surface area (Å²) >= 11 is 3.59. The molecule has 2 heterocycles. The molecule has 1 aliphatic carbocycles. The van der Waals surface area contributed by atoms with Crippen molar-refractivity contribution >= 4 is 28.2 Å². The minimum Gasteiger partial charge on any atom is -0.192 e. The standard InChI is InChI=1S/C17H14N2S2/c1-4-11-5-12-15(10(7-18)8-19)13-6-14(9(2)3)21-17(13)16(12)20-11/h5-6,9H,4H2,1-3H3. The largest absolute Gasteiger partial charge is 0.192 e. The zero-order chi connectivity index (χ0) is 15.1. The lowest BCUT2D eigenvalue weighted by atomic mass is 10.00. The maximum Gasteiger partial charge on any atom is 0.138 e. The summed E-state index contributed by atoms with van der Waals surface area (Å²) in [6.07, 6.45) is 0.983. The maximum absolute atomic E-state index is 9.29. The van der Waals surface area contributed by atoms with E-state index in [0.717, 1.165) is 23.1 Å². The van der Waals surface area contributed by atoms with Crippen LogP contribution in [0.1, 0.15) is 47.6 Å². The van der Waals surface area contributed by atoms with Gasteiger partial charge in [0.25, 0.3) is 0 Å². The molecule has 0 aromatic carbocycles. The Morgan fingerprint density at radius 2 is 1.71 bits per heavy atom. The average molecular weight is 310 g/mol. The number of hydrogen-bond donors (Lipinski definition) is 0.